The van der Waals surface area contributed by atoms with E-state index in [0.29, 0.717) is 10.2 Å². The standard InChI is InChI=1S/C13H10Cl2N/c14-12-7-4-9-16(13(12)15)10-8-11-5-2-1-3-6-11/h1-10H/q+1. The minimum atomic E-state index is 0.511. The summed E-state index contributed by atoms with van der Waals surface area (Å²) in [5.74, 6) is 0. The second-order valence-corrected chi connectivity index (χ2v) is 4.05. The molecule has 0 bridgehead atoms. The van der Waals surface area contributed by atoms with Crippen LogP contribution in [0.4, 0.5) is 0 Å². The lowest BCUT2D eigenvalue weighted by atomic mass is 10.2. The number of rotatable bonds is 2. The minimum absolute atomic E-state index is 0.511. The molecule has 0 radical (unpaired) electrons. The van der Waals surface area contributed by atoms with Crippen LogP contribution in [0, 0.1) is 0 Å². The summed E-state index contributed by atoms with van der Waals surface area (Å²) in [4.78, 5) is 0. The van der Waals surface area contributed by atoms with Crippen LogP contribution >= 0.6 is 23.2 Å². The summed E-state index contributed by atoms with van der Waals surface area (Å²) < 4.78 is 1.77. The van der Waals surface area contributed by atoms with Crippen LogP contribution < -0.4 is 4.57 Å². The predicted molar refractivity (Wildman–Crippen MR) is 68.3 cm³/mol. The minimum Gasteiger partial charge on any atom is -0.156 e. The van der Waals surface area contributed by atoms with Crippen molar-refractivity contribution < 1.29 is 4.57 Å². The molecule has 0 saturated heterocycles. The first-order chi connectivity index (χ1) is 7.77. The molecule has 0 N–H and O–H groups in total. The Morgan fingerprint density at radius 3 is 2.44 bits per heavy atom. The Labute approximate surface area is 105 Å². The van der Waals surface area contributed by atoms with Gasteiger partial charge in [0.15, 0.2) is 12.4 Å². The Balaban J connectivity index is 2.28. The molecule has 80 valence electrons. The van der Waals surface area contributed by atoms with Gasteiger partial charge in [-0.1, -0.05) is 41.9 Å². The summed E-state index contributed by atoms with van der Waals surface area (Å²) >= 11 is 11.9. The van der Waals surface area contributed by atoms with Crippen molar-refractivity contribution in [3.05, 3.63) is 64.4 Å². The van der Waals surface area contributed by atoms with Gasteiger partial charge in [0.2, 0.25) is 0 Å². The molecule has 1 heterocycles. The highest BCUT2D eigenvalue weighted by Gasteiger charge is 2.08. The van der Waals surface area contributed by atoms with Gasteiger partial charge in [0, 0.05) is 12.1 Å². The topological polar surface area (TPSA) is 3.88 Å². The Kier molecular flexibility index (Phi) is 3.60. The third-order valence-corrected chi connectivity index (χ3v) is 2.94. The Morgan fingerprint density at radius 2 is 1.69 bits per heavy atom. The molecule has 2 rings (SSSR count). The van der Waals surface area contributed by atoms with Crippen LogP contribution in [0.1, 0.15) is 5.56 Å². The molecule has 16 heavy (non-hydrogen) atoms. The van der Waals surface area contributed by atoms with Crippen LogP contribution in [0.15, 0.2) is 48.7 Å². The molecule has 0 aliphatic heterocycles. The van der Waals surface area contributed by atoms with Crippen molar-refractivity contribution in [3.8, 4) is 0 Å². The maximum absolute atomic E-state index is 6.04. The molecular formula is C13H10Cl2N+. The lowest BCUT2D eigenvalue weighted by Gasteiger charge is -1.93. The highest BCUT2D eigenvalue weighted by atomic mass is 35.5. The SMILES string of the molecule is Clc1ccc[n+](C=Cc2ccccc2)c1Cl. The van der Waals surface area contributed by atoms with Crippen LogP contribution in [0.5, 0.6) is 0 Å². The molecule has 0 fully saturated rings. The van der Waals surface area contributed by atoms with Gasteiger partial charge in [0.1, 0.15) is 5.02 Å². The summed E-state index contributed by atoms with van der Waals surface area (Å²) in [6, 6.07) is 13.6. The summed E-state index contributed by atoms with van der Waals surface area (Å²) in [5, 5.41) is 1.05. The van der Waals surface area contributed by atoms with Gasteiger partial charge in [0.25, 0.3) is 5.15 Å². The molecule has 0 aliphatic rings. The second kappa shape index (κ2) is 5.15. The van der Waals surface area contributed by atoms with E-state index in [1.165, 1.54) is 0 Å². The smallest absolute Gasteiger partial charge is 0.156 e. The van der Waals surface area contributed by atoms with Gasteiger partial charge >= 0.3 is 0 Å². The van der Waals surface area contributed by atoms with E-state index in [2.05, 4.69) is 0 Å². The van der Waals surface area contributed by atoms with E-state index < -0.39 is 0 Å². The fourth-order valence-electron chi connectivity index (χ4n) is 1.32. The molecule has 0 unspecified atom stereocenters. The number of benzene rings is 1. The van der Waals surface area contributed by atoms with Crippen LogP contribution in [0.2, 0.25) is 10.2 Å². The van der Waals surface area contributed by atoms with Crippen LogP contribution in [0.3, 0.4) is 0 Å². The third kappa shape index (κ3) is 2.63. The Hall–Kier alpha value is -1.31. The van der Waals surface area contributed by atoms with Crippen molar-refractivity contribution in [1.29, 1.82) is 0 Å². The maximum Gasteiger partial charge on any atom is 0.299 e. The largest absolute Gasteiger partial charge is 0.299 e. The van der Waals surface area contributed by atoms with E-state index in [-0.39, 0.29) is 0 Å². The first-order valence-corrected chi connectivity index (χ1v) is 5.61. The van der Waals surface area contributed by atoms with Crippen LogP contribution in [0.25, 0.3) is 12.3 Å². The number of nitrogens with zero attached hydrogens (tertiary/aromatic N) is 1. The molecule has 0 saturated carbocycles. The molecular weight excluding hydrogens is 241 g/mol. The number of hydrogen-bond donors (Lipinski definition) is 0. The Bertz CT molecular complexity index is 507. The van der Waals surface area contributed by atoms with Crippen molar-refractivity contribution in [2.45, 2.75) is 0 Å². The van der Waals surface area contributed by atoms with E-state index in [1.807, 2.05) is 54.9 Å². The first-order valence-electron chi connectivity index (χ1n) is 4.86. The van der Waals surface area contributed by atoms with E-state index in [4.69, 9.17) is 23.2 Å². The van der Waals surface area contributed by atoms with Crippen molar-refractivity contribution in [2.24, 2.45) is 0 Å². The van der Waals surface area contributed by atoms with Crippen molar-refractivity contribution in [3.63, 3.8) is 0 Å². The zero-order chi connectivity index (χ0) is 11.4. The van der Waals surface area contributed by atoms with Crippen LogP contribution in [-0.2, 0) is 0 Å². The van der Waals surface area contributed by atoms with Gasteiger partial charge in [-0.05, 0) is 23.2 Å². The van der Waals surface area contributed by atoms with Gasteiger partial charge in [0.05, 0.1) is 0 Å². The molecule has 2 aromatic rings. The molecule has 3 heteroatoms. The summed E-state index contributed by atoms with van der Waals surface area (Å²) in [6.45, 7) is 0. The highest BCUT2D eigenvalue weighted by Crippen LogP contribution is 2.16. The molecule has 0 amide bonds. The molecule has 1 aromatic carbocycles. The average Bonchev–Trinajstić information content (AvgIpc) is 2.32. The van der Waals surface area contributed by atoms with E-state index in [9.17, 15) is 0 Å². The monoisotopic (exact) mass is 250 g/mol. The number of hydrogen-bond acceptors (Lipinski definition) is 0. The lowest BCUT2D eigenvalue weighted by Crippen LogP contribution is -2.26. The van der Waals surface area contributed by atoms with Gasteiger partial charge in [-0.3, -0.25) is 0 Å². The zero-order valence-corrected chi connectivity index (χ0v) is 9.99. The normalized spacial score (nSPS) is 10.9. The van der Waals surface area contributed by atoms with E-state index >= 15 is 0 Å². The molecule has 0 aliphatic carbocycles. The average molecular weight is 251 g/mol. The summed E-state index contributed by atoms with van der Waals surface area (Å²) in [7, 11) is 0. The second-order valence-electron chi connectivity index (χ2n) is 3.28. The van der Waals surface area contributed by atoms with Crippen LogP contribution in [-0.4, -0.2) is 0 Å². The van der Waals surface area contributed by atoms with Gasteiger partial charge in [-0.15, -0.1) is 0 Å². The maximum atomic E-state index is 6.04. The predicted octanol–water partition coefficient (Wildman–Crippen LogP) is 3.91. The fourth-order valence-corrected chi connectivity index (χ4v) is 1.67. The molecule has 0 atom stereocenters. The number of halogens is 2. The molecule has 1 nitrogen and oxygen atoms in total. The van der Waals surface area contributed by atoms with Crippen molar-refractivity contribution >= 4 is 35.5 Å². The van der Waals surface area contributed by atoms with E-state index in [0.717, 1.165) is 5.56 Å². The number of pyridine rings is 1. The molecule has 1 aromatic heterocycles. The highest BCUT2D eigenvalue weighted by molar-refractivity contribution is 6.40. The fraction of sp³-hybridized carbons (Fsp3) is 0. The van der Waals surface area contributed by atoms with Crippen molar-refractivity contribution in [2.75, 3.05) is 0 Å². The quantitative estimate of drug-likeness (QED) is 0.562. The molecule has 0 spiro atoms. The lowest BCUT2D eigenvalue weighted by molar-refractivity contribution is -0.564. The summed E-state index contributed by atoms with van der Waals surface area (Å²) in [5.41, 5.74) is 1.12. The summed E-state index contributed by atoms with van der Waals surface area (Å²) in [6.07, 6.45) is 5.71. The number of aromatic nitrogens is 1. The van der Waals surface area contributed by atoms with E-state index in [1.54, 1.807) is 10.6 Å². The van der Waals surface area contributed by atoms with Crippen molar-refractivity contribution in [1.82, 2.24) is 0 Å². The van der Waals surface area contributed by atoms with Gasteiger partial charge in [-0.25, -0.2) is 0 Å². The van der Waals surface area contributed by atoms with Gasteiger partial charge in [-0.2, -0.15) is 4.57 Å². The first kappa shape index (κ1) is 11.2. The van der Waals surface area contributed by atoms with Gasteiger partial charge < -0.3 is 0 Å². The third-order valence-electron chi connectivity index (χ3n) is 2.14. The zero-order valence-electron chi connectivity index (χ0n) is 8.48. The Morgan fingerprint density at radius 1 is 0.938 bits per heavy atom.